The largest absolute Gasteiger partial charge is 0.405 e. The summed E-state index contributed by atoms with van der Waals surface area (Å²) in [4.78, 5) is 0. The van der Waals surface area contributed by atoms with Crippen molar-refractivity contribution in [2.24, 2.45) is 0 Å². The van der Waals surface area contributed by atoms with E-state index in [1.54, 1.807) is 12.1 Å². The Labute approximate surface area is 88.4 Å². The third-order valence-corrected chi connectivity index (χ3v) is 1.99. The fourth-order valence-electron chi connectivity index (χ4n) is 1.04. The number of alkyl halides is 3. The molecule has 0 radical (unpaired) electrons. The summed E-state index contributed by atoms with van der Waals surface area (Å²) < 4.78 is 36.4. The van der Waals surface area contributed by atoms with Crippen molar-refractivity contribution < 1.29 is 13.2 Å². The second-order valence-corrected chi connectivity index (χ2v) is 3.90. The molecule has 0 atom stereocenters. The van der Waals surface area contributed by atoms with E-state index in [0.29, 0.717) is 5.69 Å². The number of benzene rings is 1. The van der Waals surface area contributed by atoms with Crippen molar-refractivity contribution in [2.45, 2.75) is 13.1 Å². The summed E-state index contributed by atoms with van der Waals surface area (Å²) in [5, 5.41) is 2.31. The Bertz CT molecular complexity index is 302. The lowest BCUT2D eigenvalue weighted by Crippen LogP contribution is -2.21. The van der Waals surface area contributed by atoms with E-state index in [4.69, 9.17) is 0 Å². The van der Waals surface area contributed by atoms with E-state index in [2.05, 4.69) is 21.2 Å². The summed E-state index contributed by atoms with van der Waals surface area (Å²) in [5.41, 5.74) is 1.37. The highest BCUT2D eigenvalue weighted by molar-refractivity contribution is 9.10. The summed E-state index contributed by atoms with van der Waals surface area (Å²) in [7, 11) is 0. The van der Waals surface area contributed by atoms with Crippen molar-refractivity contribution in [3.05, 3.63) is 28.2 Å². The van der Waals surface area contributed by atoms with Crippen LogP contribution in [0.5, 0.6) is 0 Å². The molecule has 0 unspecified atom stereocenters. The first-order valence-corrected chi connectivity index (χ1v) is 4.74. The number of anilines is 1. The molecule has 1 N–H and O–H groups in total. The lowest BCUT2D eigenvalue weighted by atomic mass is 10.2. The normalized spacial score (nSPS) is 11.5. The Morgan fingerprint density at radius 1 is 1.29 bits per heavy atom. The summed E-state index contributed by atoms with van der Waals surface area (Å²) >= 11 is 3.21. The maximum absolute atomic E-state index is 11.9. The monoisotopic (exact) mass is 267 g/mol. The van der Waals surface area contributed by atoms with Gasteiger partial charge in [0.1, 0.15) is 6.54 Å². The quantitative estimate of drug-likeness (QED) is 0.861. The molecule has 0 amide bonds. The van der Waals surface area contributed by atoms with Gasteiger partial charge < -0.3 is 5.32 Å². The van der Waals surface area contributed by atoms with E-state index < -0.39 is 12.7 Å². The molecule has 0 saturated carbocycles. The minimum absolute atomic E-state index is 0.467. The molecule has 0 saturated heterocycles. The molecule has 0 fully saturated rings. The lowest BCUT2D eigenvalue weighted by molar-refractivity contribution is -0.115. The lowest BCUT2D eigenvalue weighted by Gasteiger charge is -2.10. The maximum atomic E-state index is 11.9. The van der Waals surface area contributed by atoms with Gasteiger partial charge >= 0.3 is 6.18 Å². The average Bonchev–Trinajstić information content (AvgIpc) is 1.97. The van der Waals surface area contributed by atoms with E-state index in [1.165, 1.54) is 0 Å². The van der Waals surface area contributed by atoms with Gasteiger partial charge in [-0.05, 0) is 30.7 Å². The summed E-state index contributed by atoms with van der Waals surface area (Å²) in [6, 6.07) is 5.11. The highest BCUT2D eigenvalue weighted by Crippen LogP contribution is 2.21. The Morgan fingerprint density at radius 3 is 2.43 bits per heavy atom. The molecule has 14 heavy (non-hydrogen) atoms. The van der Waals surface area contributed by atoms with Crippen LogP contribution in [0.1, 0.15) is 5.56 Å². The van der Waals surface area contributed by atoms with Crippen LogP contribution in [-0.4, -0.2) is 12.7 Å². The van der Waals surface area contributed by atoms with Crippen LogP contribution in [0.2, 0.25) is 0 Å². The molecule has 0 aliphatic rings. The van der Waals surface area contributed by atoms with E-state index in [1.807, 2.05) is 13.0 Å². The number of rotatable bonds is 2. The third-order valence-electron chi connectivity index (χ3n) is 1.54. The zero-order chi connectivity index (χ0) is 10.8. The van der Waals surface area contributed by atoms with E-state index in [9.17, 15) is 13.2 Å². The van der Waals surface area contributed by atoms with Gasteiger partial charge in [-0.25, -0.2) is 0 Å². The molecule has 1 aromatic carbocycles. The zero-order valence-electron chi connectivity index (χ0n) is 7.45. The van der Waals surface area contributed by atoms with Crippen molar-refractivity contribution in [2.75, 3.05) is 11.9 Å². The third kappa shape index (κ3) is 4.00. The van der Waals surface area contributed by atoms with Crippen LogP contribution in [-0.2, 0) is 0 Å². The highest BCUT2D eigenvalue weighted by Gasteiger charge is 2.26. The molecule has 1 nitrogen and oxygen atoms in total. The van der Waals surface area contributed by atoms with Crippen LogP contribution in [0.25, 0.3) is 0 Å². The molecular weight excluding hydrogens is 259 g/mol. The van der Waals surface area contributed by atoms with Gasteiger partial charge in [0.05, 0.1) is 0 Å². The summed E-state index contributed by atoms with van der Waals surface area (Å²) in [5.74, 6) is 0. The van der Waals surface area contributed by atoms with Gasteiger partial charge in [0.15, 0.2) is 0 Å². The van der Waals surface area contributed by atoms with Gasteiger partial charge in [-0.2, -0.15) is 13.2 Å². The molecule has 0 bridgehead atoms. The summed E-state index contributed by atoms with van der Waals surface area (Å²) in [6.45, 7) is 0.812. The van der Waals surface area contributed by atoms with Gasteiger partial charge in [-0.1, -0.05) is 15.9 Å². The van der Waals surface area contributed by atoms with Gasteiger partial charge in [0.2, 0.25) is 0 Å². The molecule has 0 aliphatic carbocycles. The van der Waals surface area contributed by atoms with Gasteiger partial charge in [0.25, 0.3) is 0 Å². The number of halogens is 4. The Balaban J connectivity index is 2.68. The van der Waals surface area contributed by atoms with E-state index in [-0.39, 0.29) is 0 Å². The molecule has 78 valence electrons. The Kier molecular flexibility index (Phi) is 3.42. The van der Waals surface area contributed by atoms with Crippen LogP contribution in [0.15, 0.2) is 22.7 Å². The second-order valence-electron chi connectivity index (χ2n) is 2.99. The van der Waals surface area contributed by atoms with Crippen molar-refractivity contribution in [3.8, 4) is 0 Å². The molecule has 1 aromatic rings. The van der Waals surface area contributed by atoms with E-state index in [0.717, 1.165) is 10.0 Å². The SMILES string of the molecule is Cc1cc(Br)cc(NCC(F)(F)F)c1. The standard InChI is InChI=1S/C9H9BrF3N/c1-6-2-7(10)4-8(3-6)14-5-9(11,12)13/h2-4,14H,5H2,1H3. The molecule has 1 rings (SSSR count). The van der Waals surface area contributed by atoms with Crippen LogP contribution in [0, 0.1) is 6.92 Å². The molecular formula is C9H9BrF3N. The van der Waals surface area contributed by atoms with Crippen LogP contribution < -0.4 is 5.32 Å². The molecule has 5 heteroatoms. The van der Waals surface area contributed by atoms with Crippen molar-refractivity contribution in [1.29, 1.82) is 0 Å². The van der Waals surface area contributed by atoms with Gasteiger partial charge in [-0.3, -0.25) is 0 Å². The average molecular weight is 268 g/mol. The van der Waals surface area contributed by atoms with Crippen LogP contribution >= 0.6 is 15.9 Å². The Morgan fingerprint density at radius 2 is 1.93 bits per heavy atom. The van der Waals surface area contributed by atoms with Gasteiger partial charge in [0, 0.05) is 10.2 Å². The highest BCUT2D eigenvalue weighted by atomic mass is 79.9. The first-order valence-electron chi connectivity index (χ1n) is 3.95. The number of nitrogens with one attached hydrogen (secondary N) is 1. The Hall–Kier alpha value is -0.710. The van der Waals surface area contributed by atoms with Crippen LogP contribution in [0.3, 0.4) is 0 Å². The molecule has 0 spiro atoms. The zero-order valence-corrected chi connectivity index (χ0v) is 9.04. The van der Waals surface area contributed by atoms with Crippen molar-refractivity contribution in [1.82, 2.24) is 0 Å². The van der Waals surface area contributed by atoms with Crippen molar-refractivity contribution >= 4 is 21.6 Å². The number of hydrogen-bond donors (Lipinski definition) is 1. The molecule has 0 aliphatic heterocycles. The van der Waals surface area contributed by atoms with E-state index >= 15 is 0 Å². The first kappa shape index (κ1) is 11.4. The fourth-order valence-corrected chi connectivity index (χ4v) is 1.65. The smallest absolute Gasteiger partial charge is 0.376 e. The predicted molar refractivity (Wildman–Crippen MR) is 53.4 cm³/mol. The van der Waals surface area contributed by atoms with Crippen molar-refractivity contribution in [3.63, 3.8) is 0 Å². The minimum Gasteiger partial charge on any atom is -0.376 e. The van der Waals surface area contributed by atoms with Crippen LogP contribution in [0.4, 0.5) is 18.9 Å². The predicted octanol–water partition coefficient (Wildman–Crippen LogP) is 3.73. The second kappa shape index (κ2) is 4.21. The minimum atomic E-state index is -4.18. The summed E-state index contributed by atoms with van der Waals surface area (Å²) in [6.07, 6.45) is -4.18. The molecule has 0 heterocycles. The fraction of sp³-hybridized carbons (Fsp3) is 0.333. The number of aryl methyl sites for hydroxylation is 1. The number of hydrogen-bond acceptors (Lipinski definition) is 1. The van der Waals surface area contributed by atoms with Gasteiger partial charge in [-0.15, -0.1) is 0 Å². The maximum Gasteiger partial charge on any atom is 0.405 e. The molecule has 0 aromatic heterocycles. The topological polar surface area (TPSA) is 12.0 Å². The first-order chi connectivity index (χ1) is 6.37.